The fraction of sp³-hybridized carbons (Fsp3) is 0.485. The predicted molar refractivity (Wildman–Crippen MR) is 160 cm³/mol. The van der Waals surface area contributed by atoms with Crippen molar-refractivity contribution in [3.8, 4) is 0 Å². The van der Waals surface area contributed by atoms with E-state index >= 15 is 0 Å². The molecule has 5 rings (SSSR count). The lowest BCUT2D eigenvalue weighted by Gasteiger charge is -2.34. The third-order valence-corrected chi connectivity index (χ3v) is 8.75. The maximum atomic E-state index is 14.2. The molecular weight excluding hydrogens is 546 g/mol. The maximum absolute atomic E-state index is 14.2. The van der Waals surface area contributed by atoms with Gasteiger partial charge < -0.3 is 20.3 Å². The molecule has 1 aliphatic carbocycles. The monoisotopic (exact) mass is 585 g/mol. The van der Waals surface area contributed by atoms with Crippen LogP contribution in [0.15, 0.2) is 54.6 Å². The minimum Gasteiger partial charge on any atom is -0.445 e. The average molecular weight is 586 g/mol. The van der Waals surface area contributed by atoms with Crippen molar-refractivity contribution in [1.29, 1.82) is 0 Å². The standard InChI is InChI=1S/C33H39N5O5/c1-21(2)16-27(30(40)38-20-33(18-28(38)34-3)24-12-8-9-13-25(24)35-31(33)41)37(4)29(39)26(17-22-14-15-22)36-32(42)43-19-23-10-6-5-7-11-23/h5-13,21-22,26-28H,14-20H2,1-2,4H3,(H,35,41)(H,36,42)/t26-,27-,28-,33-/m0/s1. The van der Waals surface area contributed by atoms with E-state index in [1.165, 1.54) is 9.80 Å². The van der Waals surface area contributed by atoms with Crippen molar-refractivity contribution in [3.63, 3.8) is 0 Å². The highest BCUT2D eigenvalue weighted by Crippen LogP contribution is 2.47. The normalized spacial score (nSPS) is 22.0. The first-order chi connectivity index (χ1) is 20.6. The molecule has 4 amide bonds. The summed E-state index contributed by atoms with van der Waals surface area (Å²) in [6.45, 7) is 12.0. The summed E-state index contributed by atoms with van der Waals surface area (Å²) >= 11 is 0. The first-order valence-corrected chi connectivity index (χ1v) is 14.9. The van der Waals surface area contributed by atoms with E-state index < -0.39 is 29.8 Å². The van der Waals surface area contributed by atoms with Crippen LogP contribution in [0.3, 0.4) is 0 Å². The Labute approximate surface area is 252 Å². The van der Waals surface area contributed by atoms with Crippen molar-refractivity contribution in [2.75, 3.05) is 18.9 Å². The largest absolute Gasteiger partial charge is 0.445 e. The quantitative estimate of drug-likeness (QED) is 0.404. The number of benzene rings is 2. The molecule has 0 bridgehead atoms. The van der Waals surface area contributed by atoms with E-state index in [4.69, 9.17) is 11.3 Å². The highest BCUT2D eigenvalue weighted by molar-refractivity contribution is 6.07. The van der Waals surface area contributed by atoms with Gasteiger partial charge >= 0.3 is 12.3 Å². The second kappa shape index (κ2) is 12.5. The number of fused-ring (bicyclic) bond motifs is 2. The number of ether oxygens (including phenoxy) is 1. The summed E-state index contributed by atoms with van der Waals surface area (Å²) < 4.78 is 5.40. The van der Waals surface area contributed by atoms with Gasteiger partial charge in [-0.25, -0.2) is 11.4 Å². The molecule has 2 fully saturated rings. The smallest absolute Gasteiger partial charge is 0.408 e. The Morgan fingerprint density at radius 1 is 1.14 bits per heavy atom. The van der Waals surface area contributed by atoms with Crippen molar-refractivity contribution in [2.45, 2.75) is 76.2 Å². The maximum Gasteiger partial charge on any atom is 0.408 e. The molecule has 43 heavy (non-hydrogen) atoms. The van der Waals surface area contributed by atoms with Crippen LogP contribution in [0.4, 0.5) is 10.5 Å². The van der Waals surface area contributed by atoms with Crippen LogP contribution in [0, 0.1) is 18.4 Å². The van der Waals surface area contributed by atoms with E-state index in [0.29, 0.717) is 24.4 Å². The molecule has 2 aliphatic heterocycles. The second-order valence-electron chi connectivity index (χ2n) is 12.4. The molecule has 2 heterocycles. The number of nitrogens with one attached hydrogen (secondary N) is 2. The van der Waals surface area contributed by atoms with E-state index in [0.717, 1.165) is 24.0 Å². The average Bonchev–Trinajstić information content (AvgIpc) is 3.67. The molecule has 10 heteroatoms. The second-order valence-corrected chi connectivity index (χ2v) is 12.4. The summed E-state index contributed by atoms with van der Waals surface area (Å²) in [5.74, 6) is -0.573. The van der Waals surface area contributed by atoms with Crippen LogP contribution >= 0.6 is 0 Å². The molecule has 3 aliphatic rings. The van der Waals surface area contributed by atoms with Gasteiger partial charge in [0.25, 0.3) is 5.91 Å². The predicted octanol–water partition coefficient (Wildman–Crippen LogP) is 4.32. The van der Waals surface area contributed by atoms with Crippen molar-refractivity contribution >= 4 is 29.5 Å². The first-order valence-electron chi connectivity index (χ1n) is 14.9. The van der Waals surface area contributed by atoms with Crippen LogP contribution in [0.2, 0.25) is 0 Å². The van der Waals surface area contributed by atoms with E-state index in [1.807, 2.05) is 68.4 Å². The van der Waals surface area contributed by atoms with Gasteiger partial charge in [-0.2, -0.15) is 0 Å². The Hall–Kier alpha value is -4.39. The fourth-order valence-electron chi connectivity index (χ4n) is 6.23. The van der Waals surface area contributed by atoms with Gasteiger partial charge in [0.1, 0.15) is 24.1 Å². The third kappa shape index (κ3) is 6.36. The van der Waals surface area contributed by atoms with Crippen molar-refractivity contribution in [1.82, 2.24) is 15.1 Å². The summed E-state index contributed by atoms with van der Waals surface area (Å²) in [7, 11) is 1.58. The number of hydrogen-bond acceptors (Lipinski definition) is 5. The van der Waals surface area contributed by atoms with Gasteiger partial charge in [0, 0.05) is 19.3 Å². The van der Waals surface area contributed by atoms with E-state index in [2.05, 4.69) is 15.5 Å². The zero-order valence-electron chi connectivity index (χ0n) is 24.9. The van der Waals surface area contributed by atoms with Crippen LogP contribution in [0.25, 0.3) is 4.85 Å². The molecule has 0 aromatic heterocycles. The molecule has 1 saturated carbocycles. The minimum absolute atomic E-state index is 0.0633. The highest BCUT2D eigenvalue weighted by atomic mass is 16.5. The summed E-state index contributed by atoms with van der Waals surface area (Å²) in [5.41, 5.74) is 1.31. The number of amides is 4. The van der Waals surface area contributed by atoms with Gasteiger partial charge in [0.05, 0.1) is 6.42 Å². The number of rotatable bonds is 10. The van der Waals surface area contributed by atoms with Gasteiger partial charge in [-0.05, 0) is 41.9 Å². The Bertz CT molecular complexity index is 1420. The van der Waals surface area contributed by atoms with Crippen LogP contribution in [-0.2, 0) is 31.1 Å². The van der Waals surface area contributed by atoms with Crippen molar-refractivity contribution < 1.29 is 23.9 Å². The number of hydrogen-bond donors (Lipinski definition) is 2. The molecule has 10 nitrogen and oxygen atoms in total. The number of anilines is 1. The van der Waals surface area contributed by atoms with Crippen molar-refractivity contribution in [3.05, 3.63) is 77.1 Å². The summed E-state index contributed by atoms with van der Waals surface area (Å²) in [6, 6.07) is 15.0. The molecule has 226 valence electrons. The van der Waals surface area contributed by atoms with Gasteiger partial charge in [0.2, 0.25) is 11.8 Å². The zero-order valence-corrected chi connectivity index (χ0v) is 24.9. The first kappa shape index (κ1) is 30.1. The van der Waals surface area contributed by atoms with Crippen LogP contribution in [0.5, 0.6) is 0 Å². The lowest BCUT2D eigenvalue weighted by molar-refractivity contribution is -0.146. The molecule has 0 radical (unpaired) electrons. The van der Waals surface area contributed by atoms with Crippen LogP contribution in [-0.4, -0.2) is 65.5 Å². The number of alkyl carbamates (subject to hydrolysis) is 1. The number of likely N-dealkylation sites (N-methyl/N-ethyl adjacent to an activating group) is 1. The molecule has 4 atom stereocenters. The summed E-state index contributed by atoms with van der Waals surface area (Å²) in [5, 5.41) is 5.67. The molecule has 2 aromatic rings. The molecule has 1 saturated heterocycles. The minimum atomic E-state index is -1.01. The summed E-state index contributed by atoms with van der Waals surface area (Å²) in [4.78, 5) is 60.8. The number of carbonyl (C=O) groups excluding carboxylic acids is 4. The lowest BCUT2D eigenvalue weighted by Crippen LogP contribution is -2.56. The van der Waals surface area contributed by atoms with E-state index in [1.54, 1.807) is 7.05 Å². The topological polar surface area (TPSA) is 112 Å². The van der Waals surface area contributed by atoms with Crippen LogP contribution < -0.4 is 10.6 Å². The van der Waals surface area contributed by atoms with Gasteiger partial charge in [0.15, 0.2) is 0 Å². The number of nitrogens with zero attached hydrogens (tertiary/aromatic N) is 3. The van der Waals surface area contributed by atoms with Gasteiger partial charge in [-0.15, -0.1) is 0 Å². The Morgan fingerprint density at radius 2 is 1.84 bits per heavy atom. The number of para-hydroxylation sites is 1. The SMILES string of the molecule is [C-]#[N+][C@@H]1C[C@@]2(CN1C(=O)[C@H](CC(C)C)N(C)C(=O)[C@H](CC1CC1)NC(=O)OCc1ccccc1)C(=O)Nc1ccccc12. The Balaban J connectivity index is 1.34. The van der Waals surface area contributed by atoms with Gasteiger partial charge in [-0.1, -0.05) is 75.2 Å². The van der Waals surface area contributed by atoms with E-state index in [-0.39, 0.29) is 43.2 Å². The van der Waals surface area contributed by atoms with Gasteiger partial charge in [-0.3, -0.25) is 24.1 Å². The molecule has 2 N–H and O–H groups in total. The van der Waals surface area contributed by atoms with Crippen molar-refractivity contribution in [2.24, 2.45) is 11.8 Å². The molecule has 1 spiro atoms. The van der Waals surface area contributed by atoms with E-state index in [9.17, 15) is 19.2 Å². The lowest BCUT2D eigenvalue weighted by atomic mass is 9.80. The highest BCUT2D eigenvalue weighted by Gasteiger charge is 2.59. The Morgan fingerprint density at radius 3 is 2.51 bits per heavy atom. The van der Waals surface area contributed by atoms with Crippen LogP contribution in [0.1, 0.15) is 57.1 Å². The third-order valence-electron chi connectivity index (χ3n) is 8.75. The molecular formula is C33H39N5O5. The zero-order chi connectivity index (χ0) is 30.7. The summed E-state index contributed by atoms with van der Waals surface area (Å²) in [6.07, 6.45) is 1.45. The number of likely N-dealkylation sites (tertiary alicyclic amines) is 1. The Kier molecular flexibility index (Phi) is 8.71. The molecule has 2 aromatic carbocycles. The molecule has 0 unspecified atom stereocenters. The fourth-order valence-corrected chi connectivity index (χ4v) is 6.23. The number of carbonyl (C=O) groups is 4.